The molecule has 0 spiro atoms. The second kappa shape index (κ2) is 9.71. The number of aromatic nitrogens is 1. The van der Waals surface area contributed by atoms with Crippen LogP contribution in [0.4, 0.5) is 5.69 Å². The summed E-state index contributed by atoms with van der Waals surface area (Å²) in [6.07, 6.45) is 0.611. The van der Waals surface area contributed by atoms with Crippen molar-refractivity contribution in [2.45, 2.75) is 39.5 Å². The Hall–Kier alpha value is -2.64. The van der Waals surface area contributed by atoms with Gasteiger partial charge >= 0.3 is 0 Å². The van der Waals surface area contributed by atoms with Gasteiger partial charge in [0, 0.05) is 47.2 Å². The van der Waals surface area contributed by atoms with E-state index in [4.69, 9.17) is 0 Å². The molecular weight excluding hydrogens is 404 g/mol. The van der Waals surface area contributed by atoms with Crippen molar-refractivity contribution in [1.82, 2.24) is 4.98 Å². The minimum absolute atomic E-state index is 0.0173. The molecule has 5 nitrogen and oxygen atoms in total. The van der Waals surface area contributed by atoms with Gasteiger partial charge in [-0.1, -0.05) is 12.1 Å². The maximum Gasteiger partial charge on any atom is 0.224 e. The molecule has 0 saturated heterocycles. The lowest BCUT2D eigenvalue weighted by Gasteiger charge is -2.06. The SMILES string of the molecule is Cc1ccc(C(=O)CCC(=O)CCC(=O)Nc2ccc(-c3csc(C)n3)cc2)s1. The number of aryl methyl sites for hydroxylation is 2. The first kappa shape index (κ1) is 21.1. The number of thiophene rings is 1. The number of rotatable bonds is 9. The fourth-order valence-electron chi connectivity index (χ4n) is 2.78. The molecule has 29 heavy (non-hydrogen) atoms. The number of hydrogen-bond acceptors (Lipinski definition) is 6. The van der Waals surface area contributed by atoms with E-state index in [1.807, 2.05) is 49.6 Å². The number of anilines is 1. The highest BCUT2D eigenvalue weighted by Gasteiger charge is 2.13. The summed E-state index contributed by atoms with van der Waals surface area (Å²) in [7, 11) is 0. The lowest BCUT2D eigenvalue weighted by molar-refractivity contribution is -0.122. The van der Waals surface area contributed by atoms with Gasteiger partial charge in [-0.2, -0.15) is 0 Å². The molecule has 7 heteroatoms. The second-order valence-corrected chi connectivity index (χ2v) is 9.10. The summed E-state index contributed by atoms with van der Waals surface area (Å²) in [5.74, 6) is -0.303. The van der Waals surface area contributed by atoms with Crippen LogP contribution in [0.15, 0.2) is 41.8 Å². The quantitative estimate of drug-likeness (QED) is 0.462. The van der Waals surface area contributed by atoms with Gasteiger partial charge in [-0.05, 0) is 38.1 Å². The molecule has 3 rings (SSSR count). The number of benzene rings is 1. The number of ketones is 2. The highest BCUT2D eigenvalue weighted by atomic mass is 32.1. The van der Waals surface area contributed by atoms with Crippen LogP contribution in [-0.2, 0) is 9.59 Å². The fraction of sp³-hybridized carbons (Fsp3) is 0.273. The molecule has 1 amide bonds. The maximum absolute atomic E-state index is 12.1. The van der Waals surface area contributed by atoms with Gasteiger partial charge in [-0.3, -0.25) is 14.4 Å². The zero-order valence-corrected chi connectivity index (χ0v) is 18.0. The van der Waals surface area contributed by atoms with Crippen molar-refractivity contribution in [2.75, 3.05) is 5.32 Å². The number of nitrogens with one attached hydrogen (secondary N) is 1. The summed E-state index contributed by atoms with van der Waals surface area (Å²) < 4.78 is 0. The van der Waals surface area contributed by atoms with E-state index in [1.54, 1.807) is 17.4 Å². The first-order chi connectivity index (χ1) is 13.9. The Balaban J connectivity index is 1.41. The van der Waals surface area contributed by atoms with Crippen molar-refractivity contribution in [3.63, 3.8) is 0 Å². The number of hydrogen-bond donors (Lipinski definition) is 1. The molecule has 3 aromatic rings. The Morgan fingerprint density at radius 3 is 2.28 bits per heavy atom. The predicted octanol–water partition coefficient (Wildman–Crippen LogP) is 5.44. The zero-order valence-electron chi connectivity index (χ0n) is 16.4. The number of carbonyl (C=O) groups excluding carboxylic acids is 3. The summed E-state index contributed by atoms with van der Waals surface area (Å²) >= 11 is 3.03. The molecule has 150 valence electrons. The Labute approximate surface area is 177 Å². The first-order valence-electron chi connectivity index (χ1n) is 9.34. The first-order valence-corrected chi connectivity index (χ1v) is 11.0. The average Bonchev–Trinajstić information content (AvgIpc) is 3.33. The van der Waals surface area contributed by atoms with E-state index in [2.05, 4.69) is 10.3 Å². The van der Waals surface area contributed by atoms with Gasteiger partial charge in [0.15, 0.2) is 5.78 Å². The largest absolute Gasteiger partial charge is 0.326 e. The summed E-state index contributed by atoms with van der Waals surface area (Å²) in [5, 5.41) is 5.81. The molecule has 0 radical (unpaired) electrons. The van der Waals surface area contributed by atoms with Crippen molar-refractivity contribution < 1.29 is 14.4 Å². The lowest BCUT2D eigenvalue weighted by Crippen LogP contribution is -2.13. The van der Waals surface area contributed by atoms with Crippen molar-refractivity contribution in [3.8, 4) is 11.3 Å². The fourth-order valence-corrected chi connectivity index (χ4v) is 4.24. The van der Waals surface area contributed by atoms with Gasteiger partial charge in [-0.15, -0.1) is 22.7 Å². The molecular formula is C22H22N2O3S2. The highest BCUT2D eigenvalue weighted by molar-refractivity contribution is 7.14. The second-order valence-electron chi connectivity index (χ2n) is 6.75. The Kier molecular flexibility index (Phi) is 7.06. The Bertz CT molecular complexity index is 1020. The van der Waals surface area contributed by atoms with Crippen LogP contribution in [0.1, 0.15) is 45.2 Å². The predicted molar refractivity (Wildman–Crippen MR) is 118 cm³/mol. The van der Waals surface area contributed by atoms with E-state index < -0.39 is 0 Å². The van der Waals surface area contributed by atoms with Gasteiger partial charge in [0.05, 0.1) is 15.6 Å². The third-order valence-corrected chi connectivity index (χ3v) is 6.18. The highest BCUT2D eigenvalue weighted by Crippen LogP contribution is 2.23. The van der Waals surface area contributed by atoms with Crippen LogP contribution in [-0.4, -0.2) is 22.5 Å². The van der Waals surface area contributed by atoms with E-state index in [0.29, 0.717) is 10.6 Å². The van der Waals surface area contributed by atoms with E-state index in [1.165, 1.54) is 11.3 Å². The normalized spacial score (nSPS) is 10.7. The van der Waals surface area contributed by atoms with E-state index in [0.717, 1.165) is 21.1 Å². The van der Waals surface area contributed by atoms with Gasteiger partial charge in [0.2, 0.25) is 5.91 Å². The van der Waals surface area contributed by atoms with Gasteiger partial charge in [-0.25, -0.2) is 4.98 Å². The molecule has 1 aromatic carbocycles. The molecule has 0 aliphatic heterocycles. The van der Waals surface area contributed by atoms with Crippen molar-refractivity contribution in [3.05, 3.63) is 56.5 Å². The van der Waals surface area contributed by atoms with Gasteiger partial charge in [0.1, 0.15) is 5.78 Å². The Morgan fingerprint density at radius 2 is 1.66 bits per heavy atom. The van der Waals surface area contributed by atoms with Crippen LogP contribution in [0, 0.1) is 13.8 Å². The number of carbonyl (C=O) groups is 3. The Morgan fingerprint density at radius 1 is 0.931 bits per heavy atom. The molecule has 0 aliphatic rings. The van der Waals surface area contributed by atoms with Crippen molar-refractivity contribution in [1.29, 1.82) is 0 Å². The molecule has 0 bridgehead atoms. The third kappa shape index (κ3) is 6.17. The smallest absolute Gasteiger partial charge is 0.224 e. The molecule has 2 heterocycles. The standard InChI is InChI=1S/C22H22N2O3S2/c1-14-3-11-21(29-14)20(26)10-8-18(25)9-12-22(27)24-17-6-4-16(5-7-17)19-13-28-15(2)23-19/h3-7,11,13H,8-10,12H2,1-2H3,(H,24,27). The molecule has 2 aromatic heterocycles. The number of amides is 1. The number of Topliss-reactive ketones (excluding diaryl/α,β-unsaturated/α-hetero) is 2. The minimum Gasteiger partial charge on any atom is -0.326 e. The monoisotopic (exact) mass is 426 g/mol. The summed E-state index contributed by atoms with van der Waals surface area (Å²) in [5.41, 5.74) is 2.60. The molecule has 0 atom stereocenters. The zero-order chi connectivity index (χ0) is 20.8. The van der Waals surface area contributed by atoms with Crippen LogP contribution < -0.4 is 5.32 Å². The number of thiazole rings is 1. The van der Waals surface area contributed by atoms with E-state index in [-0.39, 0.29) is 43.2 Å². The van der Waals surface area contributed by atoms with Gasteiger partial charge < -0.3 is 5.32 Å². The molecule has 0 unspecified atom stereocenters. The molecule has 0 aliphatic carbocycles. The van der Waals surface area contributed by atoms with Crippen molar-refractivity contribution >= 4 is 45.8 Å². The van der Waals surface area contributed by atoms with Crippen LogP contribution in [0.2, 0.25) is 0 Å². The topological polar surface area (TPSA) is 76.1 Å². The van der Waals surface area contributed by atoms with E-state index in [9.17, 15) is 14.4 Å². The summed E-state index contributed by atoms with van der Waals surface area (Å²) in [4.78, 5) is 42.4. The summed E-state index contributed by atoms with van der Waals surface area (Å²) in [6, 6.07) is 11.2. The van der Waals surface area contributed by atoms with Crippen LogP contribution in [0.3, 0.4) is 0 Å². The summed E-state index contributed by atoms with van der Waals surface area (Å²) in [6.45, 7) is 3.90. The third-order valence-electron chi connectivity index (χ3n) is 4.36. The molecule has 0 fully saturated rings. The van der Waals surface area contributed by atoms with Crippen LogP contribution >= 0.6 is 22.7 Å². The van der Waals surface area contributed by atoms with Crippen molar-refractivity contribution in [2.24, 2.45) is 0 Å². The van der Waals surface area contributed by atoms with Crippen LogP contribution in [0.5, 0.6) is 0 Å². The van der Waals surface area contributed by atoms with E-state index >= 15 is 0 Å². The lowest BCUT2D eigenvalue weighted by atomic mass is 10.1. The van der Waals surface area contributed by atoms with Gasteiger partial charge in [0.25, 0.3) is 0 Å². The average molecular weight is 427 g/mol. The number of nitrogens with zero attached hydrogens (tertiary/aromatic N) is 1. The van der Waals surface area contributed by atoms with Crippen LogP contribution in [0.25, 0.3) is 11.3 Å². The molecule has 1 N–H and O–H groups in total. The molecule has 0 saturated carbocycles. The maximum atomic E-state index is 12.1. The minimum atomic E-state index is -0.212.